The molecule has 0 bridgehead atoms. The largest absolute Gasteiger partial charge is 0.435 e. The third kappa shape index (κ3) is 6.93. The first-order chi connectivity index (χ1) is 17.3. The molecule has 1 saturated carbocycles. The van der Waals surface area contributed by atoms with E-state index >= 15 is 0 Å². The molecule has 4 rings (SSSR count). The van der Waals surface area contributed by atoms with E-state index in [1.54, 1.807) is 22.9 Å². The van der Waals surface area contributed by atoms with Crippen molar-refractivity contribution in [3.8, 4) is 17.3 Å². The van der Waals surface area contributed by atoms with E-state index in [1.807, 2.05) is 44.2 Å². The predicted octanol–water partition coefficient (Wildman–Crippen LogP) is 5.93. The maximum atomic E-state index is 14.7. The molecule has 2 aromatic carbocycles. The summed E-state index contributed by atoms with van der Waals surface area (Å²) in [5.41, 5.74) is 2.66. The fourth-order valence-corrected chi connectivity index (χ4v) is 4.29. The van der Waals surface area contributed by atoms with E-state index in [9.17, 15) is 9.50 Å². The molecule has 194 valence electrons. The second-order valence-electron chi connectivity index (χ2n) is 10.3. The molecule has 36 heavy (non-hydrogen) atoms. The molecule has 1 aromatic heterocycles. The van der Waals surface area contributed by atoms with Crippen LogP contribution in [0.5, 0.6) is 11.6 Å². The van der Waals surface area contributed by atoms with Gasteiger partial charge in [0.15, 0.2) is 11.6 Å². The zero-order valence-corrected chi connectivity index (χ0v) is 21.7. The van der Waals surface area contributed by atoms with Crippen molar-refractivity contribution in [1.82, 2.24) is 14.7 Å². The molecule has 1 N–H and O–H groups in total. The minimum Gasteiger partial charge on any atom is -0.435 e. The van der Waals surface area contributed by atoms with Gasteiger partial charge >= 0.3 is 0 Å². The molecule has 0 unspecified atom stereocenters. The zero-order valence-electron chi connectivity index (χ0n) is 21.7. The van der Waals surface area contributed by atoms with Gasteiger partial charge in [-0.3, -0.25) is 4.90 Å². The summed E-state index contributed by atoms with van der Waals surface area (Å²) in [6, 6.07) is 16.2. The number of benzene rings is 2. The lowest BCUT2D eigenvalue weighted by Gasteiger charge is -2.26. The van der Waals surface area contributed by atoms with Crippen LogP contribution in [-0.2, 0) is 11.3 Å². The van der Waals surface area contributed by atoms with Crippen molar-refractivity contribution in [2.45, 2.75) is 65.2 Å². The Morgan fingerprint density at radius 1 is 1.06 bits per heavy atom. The molecule has 1 aliphatic rings. The number of hydrogen-bond acceptors (Lipinski definition) is 5. The molecule has 3 aromatic rings. The quantitative estimate of drug-likeness (QED) is 0.319. The molecule has 1 heterocycles. The van der Waals surface area contributed by atoms with Gasteiger partial charge in [-0.2, -0.15) is 5.10 Å². The molecule has 7 heteroatoms. The van der Waals surface area contributed by atoms with Gasteiger partial charge in [0.2, 0.25) is 5.88 Å². The summed E-state index contributed by atoms with van der Waals surface area (Å²) in [6.07, 6.45) is 1.87. The first-order valence-electron chi connectivity index (χ1n) is 12.9. The Hall–Kier alpha value is -2.74. The van der Waals surface area contributed by atoms with Gasteiger partial charge in [-0.05, 0) is 62.8 Å². The second-order valence-corrected chi connectivity index (χ2v) is 10.3. The summed E-state index contributed by atoms with van der Waals surface area (Å²) in [4.78, 5) is 2.26. The fraction of sp³-hybridized carbons (Fsp3) is 0.483. The topological polar surface area (TPSA) is 59.8 Å². The van der Waals surface area contributed by atoms with E-state index in [2.05, 4.69) is 18.7 Å². The van der Waals surface area contributed by atoms with Crippen LogP contribution in [0.1, 0.15) is 57.7 Å². The highest BCUT2D eigenvalue weighted by atomic mass is 19.1. The van der Waals surface area contributed by atoms with Gasteiger partial charge < -0.3 is 14.6 Å². The zero-order chi connectivity index (χ0) is 25.7. The molecule has 0 radical (unpaired) electrons. The smallest absolute Gasteiger partial charge is 0.227 e. The van der Waals surface area contributed by atoms with Crippen LogP contribution in [0.2, 0.25) is 0 Å². The van der Waals surface area contributed by atoms with Crippen molar-refractivity contribution in [3.63, 3.8) is 0 Å². The van der Waals surface area contributed by atoms with Crippen molar-refractivity contribution in [2.24, 2.45) is 5.92 Å². The number of aliphatic hydroxyl groups is 1. The molecule has 1 fully saturated rings. The minimum absolute atomic E-state index is 0.0638. The summed E-state index contributed by atoms with van der Waals surface area (Å²) >= 11 is 0. The normalized spacial score (nSPS) is 14.7. The van der Waals surface area contributed by atoms with E-state index in [0.29, 0.717) is 24.9 Å². The summed E-state index contributed by atoms with van der Waals surface area (Å²) < 4.78 is 28.4. The molecule has 0 aliphatic heterocycles. The molecule has 0 spiro atoms. The van der Waals surface area contributed by atoms with Crippen LogP contribution in [0, 0.1) is 11.7 Å². The molecule has 1 atom stereocenters. The number of rotatable bonds is 13. The van der Waals surface area contributed by atoms with E-state index in [4.69, 9.17) is 14.6 Å². The highest BCUT2D eigenvalue weighted by molar-refractivity contribution is 5.44. The van der Waals surface area contributed by atoms with Crippen LogP contribution in [0.25, 0.3) is 5.69 Å². The summed E-state index contributed by atoms with van der Waals surface area (Å²) in [6.45, 7) is 10.3. The Labute approximate surface area is 213 Å². The number of nitrogens with zero attached hydrogens (tertiary/aromatic N) is 3. The average molecular weight is 496 g/mol. The molecular weight excluding hydrogens is 457 g/mol. The van der Waals surface area contributed by atoms with Gasteiger partial charge in [0.1, 0.15) is 0 Å². The Morgan fingerprint density at radius 2 is 1.75 bits per heavy atom. The predicted molar refractivity (Wildman–Crippen MR) is 139 cm³/mol. The van der Waals surface area contributed by atoms with Crippen LogP contribution in [0.3, 0.4) is 0 Å². The van der Waals surface area contributed by atoms with E-state index in [0.717, 1.165) is 23.5 Å². The second kappa shape index (κ2) is 12.0. The van der Waals surface area contributed by atoms with E-state index in [1.165, 1.54) is 18.9 Å². The number of aromatic nitrogens is 2. The summed E-state index contributed by atoms with van der Waals surface area (Å²) in [7, 11) is 0. The van der Waals surface area contributed by atoms with Gasteiger partial charge in [-0.1, -0.05) is 44.2 Å². The third-order valence-corrected chi connectivity index (χ3v) is 6.24. The maximum absolute atomic E-state index is 14.7. The Bertz CT molecular complexity index is 1110. The number of aliphatic hydroxyl groups excluding tert-OH is 1. The van der Waals surface area contributed by atoms with Crippen molar-refractivity contribution < 1.29 is 19.0 Å². The molecule has 1 aliphatic carbocycles. The lowest BCUT2D eigenvalue weighted by Crippen LogP contribution is -2.36. The SMILES string of the molecule is CC(C)OC[C@H](O)CN(Cc1c(C(C)C)nn(-c2ccccc2)c1Oc1ccccc1F)CC1CC1. The van der Waals surface area contributed by atoms with Gasteiger partial charge in [0, 0.05) is 19.6 Å². The number of ether oxygens (including phenoxy) is 2. The third-order valence-electron chi connectivity index (χ3n) is 6.24. The minimum atomic E-state index is -0.603. The Kier molecular flexibility index (Phi) is 8.77. The standard InChI is InChI=1S/C29H38FN3O3/c1-20(2)28-25(18-32(16-22-14-15-22)17-24(34)19-35-21(3)4)29(36-27-13-9-8-12-26(27)30)33(31-28)23-10-6-5-7-11-23/h5-13,20-22,24,34H,14-19H2,1-4H3/t24-/m1/s1. The Morgan fingerprint density at radius 3 is 2.39 bits per heavy atom. The van der Waals surface area contributed by atoms with Crippen LogP contribution in [-0.4, -0.2) is 51.7 Å². The van der Waals surface area contributed by atoms with Crippen molar-refractivity contribution >= 4 is 0 Å². The van der Waals surface area contributed by atoms with Gasteiger partial charge in [0.05, 0.1) is 35.8 Å². The van der Waals surface area contributed by atoms with Crippen molar-refractivity contribution in [3.05, 3.63) is 71.7 Å². The van der Waals surface area contributed by atoms with Gasteiger partial charge in [-0.15, -0.1) is 0 Å². The van der Waals surface area contributed by atoms with Crippen LogP contribution >= 0.6 is 0 Å². The lowest BCUT2D eigenvalue weighted by molar-refractivity contribution is -0.0102. The molecule has 0 saturated heterocycles. The maximum Gasteiger partial charge on any atom is 0.227 e. The number of para-hydroxylation sites is 2. The number of halogens is 1. The Balaban J connectivity index is 1.72. The molecule has 0 amide bonds. The first kappa shape index (κ1) is 26.3. The fourth-order valence-electron chi connectivity index (χ4n) is 4.29. The lowest BCUT2D eigenvalue weighted by atomic mass is 10.1. The van der Waals surface area contributed by atoms with Crippen LogP contribution in [0.15, 0.2) is 54.6 Å². The summed E-state index contributed by atoms with van der Waals surface area (Å²) in [5.74, 6) is 0.996. The van der Waals surface area contributed by atoms with Crippen molar-refractivity contribution in [1.29, 1.82) is 0 Å². The monoisotopic (exact) mass is 495 g/mol. The number of hydrogen-bond donors (Lipinski definition) is 1. The van der Waals surface area contributed by atoms with Crippen molar-refractivity contribution in [2.75, 3.05) is 19.7 Å². The van der Waals surface area contributed by atoms with Crippen LogP contribution in [0.4, 0.5) is 4.39 Å². The van der Waals surface area contributed by atoms with Gasteiger partial charge in [-0.25, -0.2) is 9.07 Å². The molecule has 6 nitrogen and oxygen atoms in total. The van der Waals surface area contributed by atoms with Crippen LogP contribution < -0.4 is 4.74 Å². The van der Waals surface area contributed by atoms with Gasteiger partial charge in [0.25, 0.3) is 0 Å². The highest BCUT2D eigenvalue weighted by Gasteiger charge is 2.30. The summed E-state index contributed by atoms with van der Waals surface area (Å²) in [5, 5.41) is 15.7. The highest BCUT2D eigenvalue weighted by Crippen LogP contribution is 2.37. The first-order valence-corrected chi connectivity index (χ1v) is 12.9. The molecular formula is C29H38FN3O3. The van der Waals surface area contributed by atoms with E-state index < -0.39 is 11.9 Å². The van der Waals surface area contributed by atoms with E-state index in [-0.39, 0.29) is 24.4 Å². The average Bonchev–Trinajstić information content (AvgIpc) is 3.60.